The molecule has 4 nitrogen and oxygen atoms in total. The number of aliphatic imine (C=N–C) groups is 1. The van der Waals surface area contributed by atoms with Crippen LogP contribution in [0.5, 0.6) is 0 Å². The molecular formula is C13H13N3O. The Morgan fingerprint density at radius 2 is 2.24 bits per heavy atom. The molecule has 0 spiro atoms. The molecule has 1 saturated carbocycles. The third-order valence-corrected chi connectivity index (χ3v) is 3.54. The van der Waals surface area contributed by atoms with Crippen LogP contribution in [0, 0.1) is 6.92 Å². The zero-order valence-electron chi connectivity index (χ0n) is 9.90. The summed E-state index contributed by atoms with van der Waals surface area (Å²) in [6.07, 6.45) is 3.56. The summed E-state index contributed by atoms with van der Waals surface area (Å²) in [4.78, 5) is 14.5. The van der Waals surface area contributed by atoms with Gasteiger partial charge in [-0.15, -0.1) is 0 Å². The fourth-order valence-corrected chi connectivity index (χ4v) is 2.55. The molecule has 0 aliphatic heterocycles. The average Bonchev–Trinajstić information content (AvgIpc) is 3.03. The second kappa shape index (κ2) is 3.28. The van der Waals surface area contributed by atoms with Gasteiger partial charge in [-0.05, 0) is 31.4 Å². The summed E-state index contributed by atoms with van der Waals surface area (Å²) in [5.41, 5.74) is 2.87. The van der Waals surface area contributed by atoms with Crippen molar-refractivity contribution in [1.29, 1.82) is 0 Å². The predicted molar refractivity (Wildman–Crippen MR) is 64.5 cm³/mol. The van der Waals surface area contributed by atoms with Gasteiger partial charge in [-0.2, -0.15) is 10.1 Å². The van der Waals surface area contributed by atoms with E-state index in [2.05, 4.69) is 10.1 Å². The van der Waals surface area contributed by atoms with Crippen LogP contribution in [0.1, 0.15) is 24.1 Å². The molecule has 1 aromatic heterocycles. The highest BCUT2D eigenvalue weighted by Gasteiger charge is 2.46. The molecule has 2 aromatic rings. The minimum Gasteiger partial charge on any atom is -0.268 e. The molecule has 1 aliphatic carbocycles. The van der Waals surface area contributed by atoms with Crippen LogP contribution in [0.4, 0.5) is 0 Å². The quantitative estimate of drug-likeness (QED) is 0.583. The number of aryl methyl sites for hydroxylation is 2. The first-order valence-electron chi connectivity index (χ1n) is 5.70. The van der Waals surface area contributed by atoms with Gasteiger partial charge in [-0.3, -0.25) is 4.68 Å². The highest BCUT2D eigenvalue weighted by Crippen LogP contribution is 2.51. The number of carbonyl (C=O) groups excluding carboxylic acids is 1. The largest absolute Gasteiger partial charge is 0.268 e. The van der Waals surface area contributed by atoms with E-state index < -0.39 is 0 Å². The van der Waals surface area contributed by atoms with E-state index in [1.807, 2.05) is 36.9 Å². The standard InChI is InChI=1S/C13H13N3O/c1-9-12-10(13(6-7-13)14-8-17)4-3-5-11(12)16(2)15-9/h3-5H,6-7H2,1-2H3. The number of hydrogen-bond donors (Lipinski definition) is 0. The normalized spacial score (nSPS) is 16.8. The van der Waals surface area contributed by atoms with E-state index in [4.69, 9.17) is 0 Å². The summed E-state index contributed by atoms with van der Waals surface area (Å²) in [6.45, 7) is 1.99. The fraction of sp³-hybridized carbons (Fsp3) is 0.385. The van der Waals surface area contributed by atoms with E-state index in [1.165, 1.54) is 0 Å². The third-order valence-electron chi connectivity index (χ3n) is 3.54. The number of rotatable bonds is 2. The Morgan fingerprint density at radius 3 is 2.88 bits per heavy atom. The Balaban J connectivity index is 2.34. The van der Waals surface area contributed by atoms with Gasteiger partial charge in [-0.25, -0.2) is 4.79 Å². The third kappa shape index (κ3) is 1.34. The molecule has 0 N–H and O–H groups in total. The molecule has 0 atom stereocenters. The number of aromatic nitrogens is 2. The summed E-state index contributed by atoms with van der Waals surface area (Å²) >= 11 is 0. The highest BCUT2D eigenvalue weighted by molar-refractivity contribution is 5.87. The number of isocyanates is 1. The van der Waals surface area contributed by atoms with Crippen LogP contribution in [0.3, 0.4) is 0 Å². The van der Waals surface area contributed by atoms with Crippen molar-refractivity contribution >= 4 is 17.0 Å². The van der Waals surface area contributed by atoms with Crippen molar-refractivity contribution in [2.75, 3.05) is 0 Å². The first-order chi connectivity index (χ1) is 8.18. The zero-order chi connectivity index (χ0) is 12.0. The van der Waals surface area contributed by atoms with Crippen LogP contribution in [-0.4, -0.2) is 15.9 Å². The lowest BCUT2D eigenvalue weighted by atomic mass is 9.99. The lowest BCUT2D eigenvalue weighted by Gasteiger charge is -2.10. The van der Waals surface area contributed by atoms with Crippen molar-refractivity contribution in [2.45, 2.75) is 25.3 Å². The smallest absolute Gasteiger partial charge is 0.235 e. The molecule has 1 fully saturated rings. The highest BCUT2D eigenvalue weighted by atomic mass is 16.1. The Bertz CT molecular complexity index is 646. The molecule has 1 heterocycles. The average molecular weight is 227 g/mol. The molecule has 1 aliphatic rings. The van der Waals surface area contributed by atoms with Crippen molar-refractivity contribution in [1.82, 2.24) is 9.78 Å². The number of fused-ring (bicyclic) bond motifs is 1. The summed E-state index contributed by atoms with van der Waals surface area (Å²) < 4.78 is 1.87. The maximum atomic E-state index is 10.5. The Hall–Kier alpha value is -1.93. The maximum Gasteiger partial charge on any atom is 0.235 e. The van der Waals surface area contributed by atoms with Crippen molar-refractivity contribution in [3.63, 3.8) is 0 Å². The summed E-state index contributed by atoms with van der Waals surface area (Å²) in [7, 11) is 1.93. The van der Waals surface area contributed by atoms with Gasteiger partial charge in [0.15, 0.2) is 0 Å². The van der Waals surface area contributed by atoms with Crippen molar-refractivity contribution < 1.29 is 4.79 Å². The minimum absolute atomic E-state index is 0.324. The van der Waals surface area contributed by atoms with Crippen molar-refractivity contribution in [2.24, 2.45) is 12.0 Å². The van der Waals surface area contributed by atoms with Gasteiger partial charge in [0.05, 0.1) is 16.7 Å². The van der Waals surface area contributed by atoms with Crippen LogP contribution < -0.4 is 0 Å². The Morgan fingerprint density at radius 1 is 1.47 bits per heavy atom. The lowest BCUT2D eigenvalue weighted by Crippen LogP contribution is -2.03. The van der Waals surface area contributed by atoms with E-state index in [1.54, 1.807) is 6.08 Å². The van der Waals surface area contributed by atoms with Gasteiger partial charge in [0.25, 0.3) is 0 Å². The summed E-state index contributed by atoms with van der Waals surface area (Å²) in [5, 5.41) is 5.56. The molecule has 0 radical (unpaired) electrons. The molecule has 1 aromatic carbocycles. The minimum atomic E-state index is -0.324. The molecule has 86 valence electrons. The van der Waals surface area contributed by atoms with Gasteiger partial charge in [-0.1, -0.05) is 12.1 Å². The van der Waals surface area contributed by atoms with Gasteiger partial charge >= 0.3 is 0 Å². The monoisotopic (exact) mass is 227 g/mol. The van der Waals surface area contributed by atoms with Gasteiger partial charge in [0.1, 0.15) is 0 Å². The molecule has 3 rings (SSSR count). The second-order valence-electron chi connectivity index (χ2n) is 4.64. The maximum absolute atomic E-state index is 10.5. The first-order valence-corrected chi connectivity index (χ1v) is 5.70. The van der Waals surface area contributed by atoms with E-state index in [0.717, 1.165) is 35.0 Å². The Labute approximate surface area is 99.0 Å². The predicted octanol–water partition coefficient (Wildman–Crippen LogP) is 2.21. The second-order valence-corrected chi connectivity index (χ2v) is 4.64. The molecule has 0 bridgehead atoms. The van der Waals surface area contributed by atoms with E-state index in [9.17, 15) is 4.79 Å². The molecular weight excluding hydrogens is 214 g/mol. The van der Waals surface area contributed by atoms with Crippen LogP contribution in [0.15, 0.2) is 23.2 Å². The van der Waals surface area contributed by atoms with Gasteiger partial charge in [0.2, 0.25) is 6.08 Å². The number of benzene rings is 1. The van der Waals surface area contributed by atoms with E-state index in [0.29, 0.717) is 0 Å². The van der Waals surface area contributed by atoms with Crippen molar-refractivity contribution in [3.05, 3.63) is 29.5 Å². The molecule has 0 amide bonds. The SMILES string of the molecule is Cc1nn(C)c2cccc(C3(N=C=O)CC3)c12. The summed E-state index contributed by atoms with van der Waals surface area (Å²) in [6, 6.07) is 6.09. The molecule has 17 heavy (non-hydrogen) atoms. The van der Waals surface area contributed by atoms with Crippen LogP contribution in [-0.2, 0) is 17.4 Å². The topological polar surface area (TPSA) is 47.2 Å². The van der Waals surface area contributed by atoms with E-state index >= 15 is 0 Å². The number of hydrogen-bond acceptors (Lipinski definition) is 3. The molecule has 4 heteroatoms. The molecule has 0 saturated heterocycles. The fourth-order valence-electron chi connectivity index (χ4n) is 2.55. The van der Waals surface area contributed by atoms with Gasteiger partial charge < -0.3 is 0 Å². The van der Waals surface area contributed by atoms with Crippen LogP contribution in [0.2, 0.25) is 0 Å². The van der Waals surface area contributed by atoms with Crippen LogP contribution >= 0.6 is 0 Å². The van der Waals surface area contributed by atoms with Gasteiger partial charge in [0, 0.05) is 12.4 Å². The number of nitrogens with zero attached hydrogens (tertiary/aromatic N) is 3. The molecule has 0 unspecified atom stereocenters. The lowest BCUT2D eigenvalue weighted by molar-refractivity contribution is 0.556. The van der Waals surface area contributed by atoms with Crippen LogP contribution in [0.25, 0.3) is 10.9 Å². The zero-order valence-corrected chi connectivity index (χ0v) is 9.90. The van der Waals surface area contributed by atoms with Crippen molar-refractivity contribution in [3.8, 4) is 0 Å². The Kier molecular flexibility index (Phi) is 1.98. The van der Waals surface area contributed by atoms with E-state index in [-0.39, 0.29) is 5.54 Å². The summed E-state index contributed by atoms with van der Waals surface area (Å²) in [5.74, 6) is 0. The first kappa shape index (κ1) is 10.2.